The monoisotopic (exact) mass is 304 g/mol. The molecule has 0 radical (unpaired) electrons. The Labute approximate surface area is 129 Å². The van der Waals surface area contributed by atoms with Crippen LogP contribution in [0.4, 0.5) is 16.2 Å². The summed E-state index contributed by atoms with van der Waals surface area (Å²) in [7, 11) is 0. The summed E-state index contributed by atoms with van der Waals surface area (Å²) >= 11 is 5.89. The lowest BCUT2D eigenvalue weighted by Crippen LogP contribution is -2.20. The fourth-order valence-electron chi connectivity index (χ4n) is 1.89. The van der Waals surface area contributed by atoms with Crippen molar-refractivity contribution in [2.45, 2.75) is 13.8 Å². The molecular weight excluding hydrogens is 288 g/mol. The average Bonchev–Trinajstić information content (AvgIpc) is 2.44. The molecule has 0 unspecified atom stereocenters. The first kappa shape index (κ1) is 15.2. The number of hydrogen-bond acceptors (Lipinski definition) is 2. The molecular formula is C16H17ClN2O2. The van der Waals surface area contributed by atoms with Crippen LogP contribution in [0, 0.1) is 6.92 Å². The van der Waals surface area contributed by atoms with Gasteiger partial charge in [0.25, 0.3) is 0 Å². The highest BCUT2D eigenvalue weighted by Crippen LogP contribution is 2.24. The smallest absolute Gasteiger partial charge is 0.323 e. The van der Waals surface area contributed by atoms with Crippen LogP contribution in [0.1, 0.15) is 12.5 Å². The van der Waals surface area contributed by atoms with Crippen molar-refractivity contribution >= 4 is 29.0 Å². The molecule has 2 aromatic carbocycles. The number of carbonyl (C=O) groups is 1. The number of rotatable bonds is 4. The van der Waals surface area contributed by atoms with Gasteiger partial charge in [0, 0.05) is 10.7 Å². The van der Waals surface area contributed by atoms with Crippen molar-refractivity contribution in [3.8, 4) is 5.75 Å². The number of halogens is 1. The van der Waals surface area contributed by atoms with E-state index in [-0.39, 0.29) is 6.03 Å². The van der Waals surface area contributed by atoms with Gasteiger partial charge < -0.3 is 15.4 Å². The maximum absolute atomic E-state index is 12.1. The molecule has 0 aliphatic rings. The standard InChI is InChI=1S/C16H17ClN2O2/c1-3-21-15-7-5-4-6-14(15)19-16(20)18-13-9-8-12(17)10-11(13)2/h4-10H,3H2,1-2H3,(H2,18,19,20). The highest BCUT2D eigenvalue weighted by atomic mass is 35.5. The number of para-hydroxylation sites is 2. The number of amides is 2. The molecule has 5 heteroatoms. The van der Waals surface area contributed by atoms with E-state index < -0.39 is 0 Å². The van der Waals surface area contributed by atoms with Crippen LogP contribution in [0.2, 0.25) is 5.02 Å². The van der Waals surface area contributed by atoms with Gasteiger partial charge in [-0.3, -0.25) is 0 Å². The fourth-order valence-corrected chi connectivity index (χ4v) is 2.12. The Hall–Kier alpha value is -2.20. The van der Waals surface area contributed by atoms with E-state index in [0.29, 0.717) is 28.8 Å². The van der Waals surface area contributed by atoms with Crippen LogP contribution in [-0.4, -0.2) is 12.6 Å². The molecule has 0 aliphatic carbocycles. The first-order valence-electron chi connectivity index (χ1n) is 6.66. The SMILES string of the molecule is CCOc1ccccc1NC(=O)Nc1ccc(Cl)cc1C. The summed E-state index contributed by atoms with van der Waals surface area (Å²) in [6.07, 6.45) is 0. The number of anilines is 2. The van der Waals surface area contributed by atoms with Crippen molar-refractivity contribution < 1.29 is 9.53 Å². The minimum absolute atomic E-state index is 0.326. The molecule has 21 heavy (non-hydrogen) atoms. The van der Waals surface area contributed by atoms with Crippen LogP contribution in [0.15, 0.2) is 42.5 Å². The lowest BCUT2D eigenvalue weighted by Gasteiger charge is -2.13. The molecule has 110 valence electrons. The molecule has 2 aromatic rings. The summed E-state index contributed by atoms with van der Waals surface area (Å²) in [5.74, 6) is 0.642. The van der Waals surface area contributed by atoms with Crippen LogP contribution in [0.25, 0.3) is 0 Å². The molecule has 2 rings (SSSR count). The van der Waals surface area contributed by atoms with Gasteiger partial charge in [-0.2, -0.15) is 0 Å². The molecule has 0 saturated heterocycles. The lowest BCUT2D eigenvalue weighted by atomic mass is 10.2. The summed E-state index contributed by atoms with van der Waals surface area (Å²) in [5.41, 5.74) is 2.24. The van der Waals surface area contributed by atoms with E-state index in [2.05, 4.69) is 10.6 Å². The predicted octanol–water partition coefficient (Wildman–Crippen LogP) is 4.69. The van der Waals surface area contributed by atoms with Crippen molar-refractivity contribution in [3.63, 3.8) is 0 Å². The van der Waals surface area contributed by atoms with Crippen LogP contribution in [-0.2, 0) is 0 Å². The van der Waals surface area contributed by atoms with Gasteiger partial charge in [0.05, 0.1) is 12.3 Å². The van der Waals surface area contributed by atoms with Gasteiger partial charge >= 0.3 is 6.03 Å². The molecule has 0 atom stereocenters. The van der Waals surface area contributed by atoms with Gasteiger partial charge in [-0.1, -0.05) is 23.7 Å². The molecule has 0 bridgehead atoms. The Bertz CT molecular complexity index is 644. The first-order chi connectivity index (χ1) is 10.1. The van der Waals surface area contributed by atoms with Crippen molar-refractivity contribution in [2.75, 3.05) is 17.2 Å². The minimum Gasteiger partial charge on any atom is -0.492 e. The zero-order valence-corrected chi connectivity index (χ0v) is 12.7. The Morgan fingerprint density at radius 2 is 1.86 bits per heavy atom. The largest absolute Gasteiger partial charge is 0.492 e. The number of carbonyl (C=O) groups excluding carboxylic acids is 1. The maximum Gasteiger partial charge on any atom is 0.323 e. The maximum atomic E-state index is 12.1. The highest BCUT2D eigenvalue weighted by Gasteiger charge is 2.08. The normalized spacial score (nSPS) is 10.0. The van der Waals surface area contributed by atoms with E-state index in [1.54, 1.807) is 24.3 Å². The van der Waals surface area contributed by atoms with Crippen molar-refractivity contribution in [1.29, 1.82) is 0 Å². The Balaban J connectivity index is 2.08. The molecule has 0 spiro atoms. The Morgan fingerprint density at radius 3 is 2.57 bits per heavy atom. The van der Waals surface area contributed by atoms with E-state index in [9.17, 15) is 4.79 Å². The number of urea groups is 1. The van der Waals surface area contributed by atoms with Crippen LogP contribution in [0.5, 0.6) is 5.75 Å². The molecule has 0 aliphatic heterocycles. The summed E-state index contributed by atoms with van der Waals surface area (Å²) < 4.78 is 5.47. The van der Waals surface area contributed by atoms with Gasteiger partial charge in [-0.15, -0.1) is 0 Å². The van der Waals surface area contributed by atoms with E-state index in [1.807, 2.05) is 32.0 Å². The summed E-state index contributed by atoms with van der Waals surface area (Å²) in [5, 5.41) is 6.21. The lowest BCUT2D eigenvalue weighted by molar-refractivity contribution is 0.262. The van der Waals surface area contributed by atoms with Crippen molar-refractivity contribution in [3.05, 3.63) is 53.1 Å². The Kier molecular flexibility index (Phi) is 5.06. The number of ether oxygens (including phenoxy) is 1. The van der Waals surface area contributed by atoms with Gasteiger partial charge in [0.1, 0.15) is 5.75 Å². The van der Waals surface area contributed by atoms with Crippen LogP contribution in [0.3, 0.4) is 0 Å². The summed E-state index contributed by atoms with van der Waals surface area (Å²) in [4.78, 5) is 12.1. The van der Waals surface area contributed by atoms with Gasteiger partial charge in [-0.25, -0.2) is 4.79 Å². The molecule has 0 heterocycles. The number of nitrogens with one attached hydrogen (secondary N) is 2. The third-order valence-corrected chi connectivity index (χ3v) is 3.11. The van der Waals surface area contributed by atoms with Gasteiger partial charge in [0.15, 0.2) is 0 Å². The molecule has 0 aromatic heterocycles. The second-order valence-corrected chi connectivity index (χ2v) is 4.90. The third-order valence-electron chi connectivity index (χ3n) is 2.87. The van der Waals surface area contributed by atoms with Crippen molar-refractivity contribution in [2.24, 2.45) is 0 Å². The van der Waals surface area contributed by atoms with Crippen LogP contribution < -0.4 is 15.4 Å². The second-order valence-electron chi connectivity index (χ2n) is 4.47. The molecule has 0 fully saturated rings. The molecule has 4 nitrogen and oxygen atoms in total. The quantitative estimate of drug-likeness (QED) is 0.861. The van der Waals surface area contributed by atoms with E-state index >= 15 is 0 Å². The number of aryl methyl sites for hydroxylation is 1. The predicted molar refractivity (Wildman–Crippen MR) is 86.4 cm³/mol. The molecule has 2 amide bonds. The summed E-state index contributed by atoms with van der Waals surface area (Å²) in [6.45, 7) is 4.32. The second kappa shape index (κ2) is 6.99. The number of hydrogen-bond donors (Lipinski definition) is 2. The fraction of sp³-hybridized carbons (Fsp3) is 0.188. The average molecular weight is 305 g/mol. The van der Waals surface area contributed by atoms with Crippen LogP contribution >= 0.6 is 11.6 Å². The topological polar surface area (TPSA) is 50.4 Å². The minimum atomic E-state index is -0.326. The van der Waals surface area contributed by atoms with E-state index in [0.717, 1.165) is 5.56 Å². The van der Waals surface area contributed by atoms with Crippen molar-refractivity contribution in [1.82, 2.24) is 0 Å². The first-order valence-corrected chi connectivity index (χ1v) is 7.04. The number of benzene rings is 2. The zero-order chi connectivity index (χ0) is 15.2. The Morgan fingerprint density at radius 1 is 1.14 bits per heavy atom. The van der Waals surface area contributed by atoms with E-state index in [1.165, 1.54) is 0 Å². The zero-order valence-electron chi connectivity index (χ0n) is 11.9. The van der Waals surface area contributed by atoms with Gasteiger partial charge in [0.2, 0.25) is 0 Å². The molecule has 0 saturated carbocycles. The highest BCUT2D eigenvalue weighted by molar-refractivity contribution is 6.30. The molecule has 2 N–H and O–H groups in total. The third kappa shape index (κ3) is 4.13. The van der Waals surface area contributed by atoms with Gasteiger partial charge in [-0.05, 0) is 49.7 Å². The summed E-state index contributed by atoms with van der Waals surface area (Å²) in [6, 6.07) is 12.3. The van der Waals surface area contributed by atoms with E-state index in [4.69, 9.17) is 16.3 Å².